The van der Waals surface area contributed by atoms with Crippen molar-refractivity contribution in [3.63, 3.8) is 0 Å². The molecule has 0 aromatic heterocycles. The zero-order valence-electron chi connectivity index (χ0n) is 11.5. The highest BCUT2D eigenvalue weighted by Crippen LogP contribution is 2.34. The molecule has 21 heavy (non-hydrogen) atoms. The molecule has 6 heteroatoms. The van der Waals surface area contributed by atoms with Gasteiger partial charge in [0.25, 0.3) is 0 Å². The molecule has 114 valence electrons. The number of nitrogens with one attached hydrogen (secondary N) is 1. The van der Waals surface area contributed by atoms with Crippen LogP contribution in [0.25, 0.3) is 0 Å². The summed E-state index contributed by atoms with van der Waals surface area (Å²) < 4.78 is 38.6. The largest absolute Gasteiger partial charge is 0.417 e. The lowest BCUT2D eigenvalue weighted by atomic mass is 9.97. The Morgan fingerprint density at radius 2 is 2.00 bits per heavy atom. The topological polar surface area (TPSA) is 56.0 Å². The molecule has 2 atom stereocenters. The first-order valence-electron chi connectivity index (χ1n) is 6.91. The number of nitriles is 1. The lowest BCUT2D eigenvalue weighted by molar-refractivity contribution is -0.137. The Labute approximate surface area is 121 Å². The third kappa shape index (κ3) is 3.67. The minimum Gasteiger partial charge on any atom is -0.396 e. The number of alkyl halides is 3. The fourth-order valence-corrected chi connectivity index (χ4v) is 2.86. The van der Waals surface area contributed by atoms with Crippen molar-refractivity contribution in [2.75, 3.05) is 18.5 Å². The van der Waals surface area contributed by atoms with Gasteiger partial charge in [0.05, 0.1) is 17.2 Å². The van der Waals surface area contributed by atoms with Crippen molar-refractivity contribution >= 4 is 5.69 Å². The van der Waals surface area contributed by atoms with Gasteiger partial charge < -0.3 is 10.4 Å². The summed E-state index contributed by atoms with van der Waals surface area (Å²) in [6.45, 7) is 0.655. The smallest absolute Gasteiger partial charge is 0.396 e. The van der Waals surface area contributed by atoms with E-state index >= 15 is 0 Å². The van der Waals surface area contributed by atoms with Crippen LogP contribution in [0.3, 0.4) is 0 Å². The molecule has 0 saturated heterocycles. The lowest BCUT2D eigenvalue weighted by Gasteiger charge is -2.19. The molecule has 0 spiro atoms. The Morgan fingerprint density at radius 1 is 1.29 bits per heavy atom. The highest BCUT2D eigenvalue weighted by molar-refractivity contribution is 5.53. The van der Waals surface area contributed by atoms with Gasteiger partial charge in [-0.2, -0.15) is 18.4 Å². The molecular weight excluding hydrogens is 281 g/mol. The van der Waals surface area contributed by atoms with Gasteiger partial charge in [-0.05, 0) is 42.9 Å². The molecule has 1 saturated carbocycles. The molecule has 2 rings (SSSR count). The molecule has 1 aromatic carbocycles. The second-order valence-electron chi connectivity index (χ2n) is 5.38. The molecule has 0 heterocycles. The maximum absolute atomic E-state index is 12.9. The molecule has 0 bridgehead atoms. The molecule has 0 radical (unpaired) electrons. The summed E-state index contributed by atoms with van der Waals surface area (Å²) in [4.78, 5) is 0. The Hall–Kier alpha value is -1.74. The number of anilines is 1. The number of benzene rings is 1. The van der Waals surface area contributed by atoms with Crippen molar-refractivity contribution < 1.29 is 18.3 Å². The highest BCUT2D eigenvalue weighted by Gasteiger charge is 2.34. The van der Waals surface area contributed by atoms with Crippen LogP contribution in [0.4, 0.5) is 18.9 Å². The number of nitrogens with zero attached hydrogens (tertiary/aromatic N) is 1. The molecule has 0 amide bonds. The number of hydrogen-bond donors (Lipinski definition) is 2. The third-order valence-corrected chi connectivity index (χ3v) is 4.06. The van der Waals surface area contributed by atoms with Crippen molar-refractivity contribution in [1.29, 1.82) is 5.26 Å². The normalized spacial score (nSPS) is 22.0. The molecule has 1 aliphatic rings. The molecule has 2 N–H and O–H groups in total. The Balaban J connectivity index is 2.09. The van der Waals surface area contributed by atoms with Gasteiger partial charge in [-0.25, -0.2) is 0 Å². The van der Waals surface area contributed by atoms with E-state index in [9.17, 15) is 18.3 Å². The van der Waals surface area contributed by atoms with Gasteiger partial charge in [0.2, 0.25) is 0 Å². The molecule has 1 aromatic rings. The maximum Gasteiger partial charge on any atom is 0.417 e. The average molecular weight is 298 g/mol. The van der Waals surface area contributed by atoms with E-state index in [1.54, 1.807) is 6.07 Å². The van der Waals surface area contributed by atoms with Crippen molar-refractivity contribution in [3.05, 3.63) is 29.3 Å². The standard InChI is InChI=1S/C15H17F3N2O/c16-15(17,18)14-6-13(5-4-10(14)7-19)20-8-11-2-1-3-12(11)9-21/h4-6,11-12,20-21H,1-3,8-9H2. The zero-order chi connectivity index (χ0) is 15.5. The third-order valence-electron chi connectivity index (χ3n) is 4.06. The van der Waals surface area contributed by atoms with Crippen LogP contribution < -0.4 is 5.32 Å². The van der Waals surface area contributed by atoms with Gasteiger partial charge in [0.1, 0.15) is 0 Å². The summed E-state index contributed by atoms with van der Waals surface area (Å²) >= 11 is 0. The Morgan fingerprint density at radius 3 is 2.62 bits per heavy atom. The van der Waals surface area contributed by atoms with Gasteiger partial charge in [0, 0.05) is 18.8 Å². The average Bonchev–Trinajstić information content (AvgIpc) is 2.91. The summed E-state index contributed by atoms with van der Waals surface area (Å²) in [5.41, 5.74) is -0.938. The van der Waals surface area contributed by atoms with E-state index in [-0.39, 0.29) is 24.0 Å². The summed E-state index contributed by atoms with van der Waals surface area (Å²) in [6.07, 6.45) is -1.56. The SMILES string of the molecule is N#Cc1ccc(NCC2CCCC2CO)cc1C(F)(F)F. The molecular formula is C15H17F3N2O. The molecule has 0 aliphatic heterocycles. The predicted molar refractivity (Wildman–Crippen MR) is 72.6 cm³/mol. The number of rotatable bonds is 4. The first-order chi connectivity index (χ1) is 9.95. The summed E-state index contributed by atoms with van der Waals surface area (Å²) in [5, 5.41) is 21.0. The van der Waals surface area contributed by atoms with E-state index in [0.29, 0.717) is 12.2 Å². The van der Waals surface area contributed by atoms with Crippen LogP contribution >= 0.6 is 0 Å². The minimum atomic E-state index is -4.54. The van der Waals surface area contributed by atoms with Crippen LogP contribution in [0.15, 0.2) is 18.2 Å². The number of halogens is 3. The van der Waals surface area contributed by atoms with Crippen LogP contribution in [0.5, 0.6) is 0 Å². The van der Waals surface area contributed by atoms with Crippen LogP contribution in [0, 0.1) is 23.2 Å². The fraction of sp³-hybridized carbons (Fsp3) is 0.533. The van der Waals surface area contributed by atoms with Crippen molar-refractivity contribution in [1.82, 2.24) is 0 Å². The number of aliphatic hydroxyl groups is 1. The van der Waals surface area contributed by atoms with Gasteiger partial charge in [-0.15, -0.1) is 0 Å². The second-order valence-corrected chi connectivity index (χ2v) is 5.38. The van der Waals surface area contributed by atoms with E-state index in [2.05, 4.69) is 5.32 Å². The van der Waals surface area contributed by atoms with Crippen molar-refractivity contribution in [3.8, 4) is 6.07 Å². The lowest BCUT2D eigenvalue weighted by Crippen LogP contribution is -2.21. The summed E-state index contributed by atoms with van der Waals surface area (Å²) in [5.74, 6) is 0.498. The molecule has 1 aliphatic carbocycles. The van der Waals surface area contributed by atoms with Crippen molar-refractivity contribution in [2.45, 2.75) is 25.4 Å². The zero-order valence-corrected chi connectivity index (χ0v) is 11.5. The van der Waals surface area contributed by atoms with Crippen LogP contribution in [0.2, 0.25) is 0 Å². The minimum absolute atomic E-state index is 0.119. The van der Waals surface area contributed by atoms with Gasteiger partial charge in [-0.3, -0.25) is 0 Å². The van der Waals surface area contributed by atoms with E-state index in [1.807, 2.05) is 0 Å². The van der Waals surface area contributed by atoms with Gasteiger partial charge in [-0.1, -0.05) is 6.42 Å². The van der Waals surface area contributed by atoms with Crippen LogP contribution in [0.1, 0.15) is 30.4 Å². The number of aliphatic hydroxyl groups excluding tert-OH is 1. The Bertz CT molecular complexity index is 537. The summed E-state index contributed by atoms with van der Waals surface area (Å²) in [6, 6.07) is 5.20. The maximum atomic E-state index is 12.9. The monoisotopic (exact) mass is 298 g/mol. The first-order valence-corrected chi connectivity index (χ1v) is 6.91. The van der Waals surface area contributed by atoms with E-state index in [4.69, 9.17) is 5.26 Å². The summed E-state index contributed by atoms with van der Waals surface area (Å²) in [7, 11) is 0. The van der Waals surface area contributed by atoms with Gasteiger partial charge in [0.15, 0.2) is 0 Å². The predicted octanol–water partition coefficient (Wildman–Crippen LogP) is 3.40. The van der Waals surface area contributed by atoms with Gasteiger partial charge >= 0.3 is 6.18 Å². The molecule has 2 unspecified atom stereocenters. The van der Waals surface area contributed by atoms with E-state index in [0.717, 1.165) is 25.3 Å². The van der Waals surface area contributed by atoms with E-state index < -0.39 is 11.7 Å². The molecule has 3 nitrogen and oxygen atoms in total. The van der Waals surface area contributed by atoms with Crippen LogP contribution in [-0.2, 0) is 6.18 Å². The van der Waals surface area contributed by atoms with Crippen molar-refractivity contribution in [2.24, 2.45) is 11.8 Å². The quantitative estimate of drug-likeness (QED) is 0.895. The van der Waals surface area contributed by atoms with E-state index in [1.165, 1.54) is 12.1 Å². The Kier molecular flexibility index (Phi) is 4.73. The molecule has 1 fully saturated rings. The fourth-order valence-electron chi connectivity index (χ4n) is 2.86. The van der Waals surface area contributed by atoms with Crippen LogP contribution in [-0.4, -0.2) is 18.3 Å². The highest BCUT2D eigenvalue weighted by atomic mass is 19.4. The second kappa shape index (κ2) is 6.35. The first kappa shape index (κ1) is 15.6. The number of hydrogen-bond acceptors (Lipinski definition) is 3.